The standard InChI is InChI=1S/C65H110O12/c1-4-7-10-13-16-19-22-25-27-29-31-34-36-39-42-45-48-51-57(66)73-54-56(75-58(67)52-49-46-43-40-38-35-32-30-28-26-23-20-17-14-11-8-5-2)55-74-65-63(61(70)60(69)62(77-65)64(71)72)76-59(68)53-50-47-44-41-37-33-24-21-18-15-12-9-6-3/h7,10,16-17,19-20,25-28,31,34,56,60-63,65,69-70H,4-6,8-9,11-15,18,21-24,29-30,32-33,35-55H2,1-3H3,(H,71,72)/b10-7-,19-16-,20-17-,27-25-,28-26-,34-31-. The molecule has 12 heteroatoms. The lowest BCUT2D eigenvalue weighted by molar-refractivity contribution is -0.301. The van der Waals surface area contributed by atoms with Gasteiger partial charge in [0.05, 0.1) is 6.61 Å². The van der Waals surface area contributed by atoms with Gasteiger partial charge in [-0.3, -0.25) is 14.4 Å². The van der Waals surface area contributed by atoms with E-state index in [1.807, 2.05) is 0 Å². The highest BCUT2D eigenvalue weighted by atomic mass is 16.7. The minimum atomic E-state index is -1.91. The highest BCUT2D eigenvalue weighted by Gasteiger charge is 2.50. The lowest BCUT2D eigenvalue weighted by Gasteiger charge is -2.40. The van der Waals surface area contributed by atoms with Gasteiger partial charge in [-0.2, -0.15) is 0 Å². The molecule has 0 aromatic rings. The van der Waals surface area contributed by atoms with Crippen molar-refractivity contribution in [3.8, 4) is 0 Å². The maximum absolute atomic E-state index is 13.2. The number of unbranched alkanes of at least 4 members (excludes halogenated alkanes) is 26. The van der Waals surface area contributed by atoms with Gasteiger partial charge in [0.1, 0.15) is 18.8 Å². The molecule has 6 unspecified atom stereocenters. The van der Waals surface area contributed by atoms with Crippen molar-refractivity contribution in [3.05, 3.63) is 72.9 Å². The quantitative estimate of drug-likeness (QED) is 0.0228. The number of carboxylic acids is 1. The van der Waals surface area contributed by atoms with Gasteiger partial charge in [0, 0.05) is 19.3 Å². The summed E-state index contributed by atoms with van der Waals surface area (Å²) in [6.45, 7) is 5.84. The molecule has 1 fully saturated rings. The van der Waals surface area contributed by atoms with Crippen LogP contribution in [0.3, 0.4) is 0 Å². The van der Waals surface area contributed by atoms with Crippen LogP contribution in [-0.2, 0) is 42.9 Å². The van der Waals surface area contributed by atoms with Gasteiger partial charge in [-0.1, -0.05) is 229 Å². The van der Waals surface area contributed by atoms with Crippen LogP contribution in [0.4, 0.5) is 0 Å². The van der Waals surface area contributed by atoms with E-state index in [2.05, 4.69) is 93.7 Å². The maximum Gasteiger partial charge on any atom is 0.335 e. The van der Waals surface area contributed by atoms with Crippen molar-refractivity contribution in [2.75, 3.05) is 13.2 Å². The molecule has 1 rings (SSSR count). The number of carboxylic acid groups (broad SMARTS) is 1. The van der Waals surface area contributed by atoms with E-state index in [4.69, 9.17) is 23.7 Å². The van der Waals surface area contributed by atoms with Gasteiger partial charge in [0.2, 0.25) is 0 Å². The van der Waals surface area contributed by atoms with Crippen molar-refractivity contribution >= 4 is 23.9 Å². The molecule has 0 aromatic heterocycles. The Bertz CT molecular complexity index is 1620. The van der Waals surface area contributed by atoms with E-state index in [0.29, 0.717) is 19.3 Å². The summed E-state index contributed by atoms with van der Waals surface area (Å²) >= 11 is 0. The lowest BCUT2D eigenvalue weighted by Crippen LogP contribution is -2.61. The predicted molar refractivity (Wildman–Crippen MR) is 312 cm³/mol. The van der Waals surface area contributed by atoms with Gasteiger partial charge >= 0.3 is 23.9 Å². The SMILES string of the molecule is CC/C=C\C/C=C\C/C=C\C/C=C\CCCCCCC(=O)OCC(COC1OC(C(=O)O)C(O)C(O)C1OC(=O)CCCCCCCCCCCCCCC)OC(=O)CCCCCCCCC/C=C\C/C=C\CCCCC. The van der Waals surface area contributed by atoms with Crippen molar-refractivity contribution in [3.63, 3.8) is 0 Å². The minimum absolute atomic E-state index is 0.0583. The van der Waals surface area contributed by atoms with Crippen LogP contribution in [0.25, 0.3) is 0 Å². The average molecular weight is 1080 g/mol. The van der Waals surface area contributed by atoms with Crippen molar-refractivity contribution in [2.24, 2.45) is 0 Å². The summed E-state index contributed by atoms with van der Waals surface area (Å²) in [5.41, 5.74) is 0. The van der Waals surface area contributed by atoms with Gasteiger partial charge in [0.15, 0.2) is 24.6 Å². The van der Waals surface area contributed by atoms with E-state index < -0.39 is 67.3 Å². The van der Waals surface area contributed by atoms with Gasteiger partial charge < -0.3 is 39.0 Å². The summed E-state index contributed by atoms with van der Waals surface area (Å²) in [4.78, 5) is 51.2. The van der Waals surface area contributed by atoms with Crippen LogP contribution in [-0.4, -0.2) is 89.2 Å². The Morgan fingerprint density at radius 3 is 1.27 bits per heavy atom. The summed E-state index contributed by atoms with van der Waals surface area (Å²) in [7, 11) is 0. The molecule has 6 atom stereocenters. The molecule has 442 valence electrons. The van der Waals surface area contributed by atoms with Gasteiger partial charge in [0.25, 0.3) is 0 Å². The fourth-order valence-electron chi connectivity index (χ4n) is 9.04. The predicted octanol–water partition coefficient (Wildman–Crippen LogP) is 16.1. The van der Waals surface area contributed by atoms with Crippen LogP contribution >= 0.6 is 0 Å². The molecule has 1 saturated heterocycles. The van der Waals surface area contributed by atoms with Crippen molar-refractivity contribution < 1.29 is 58.2 Å². The molecule has 0 aliphatic carbocycles. The Labute approximate surface area is 468 Å². The zero-order valence-electron chi connectivity index (χ0n) is 48.7. The summed E-state index contributed by atoms with van der Waals surface area (Å²) in [5.74, 6) is -3.15. The summed E-state index contributed by atoms with van der Waals surface area (Å²) in [6.07, 6.45) is 54.3. The zero-order valence-corrected chi connectivity index (χ0v) is 48.7. The second kappa shape index (κ2) is 52.8. The number of hydrogen-bond acceptors (Lipinski definition) is 11. The Morgan fingerprint density at radius 1 is 0.442 bits per heavy atom. The molecular formula is C65H110O12. The lowest BCUT2D eigenvalue weighted by atomic mass is 9.98. The second-order valence-electron chi connectivity index (χ2n) is 21.0. The first kappa shape index (κ1) is 71.2. The first-order valence-electron chi connectivity index (χ1n) is 30.9. The van der Waals surface area contributed by atoms with E-state index >= 15 is 0 Å². The van der Waals surface area contributed by atoms with Crippen molar-refractivity contribution in [2.45, 2.75) is 302 Å². The number of aliphatic carboxylic acids is 1. The number of rotatable bonds is 52. The molecule has 12 nitrogen and oxygen atoms in total. The number of aliphatic hydroxyl groups excluding tert-OH is 2. The van der Waals surface area contributed by atoms with Crippen LogP contribution < -0.4 is 0 Å². The Kier molecular flexibility index (Phi) is 48.8. The highest BCUT2D eigenvalue weighted by Crippen LogP contribution is 2.26. The summed E-state index contributed by atoms with van der Waals surface area (Å²) in [5, 5.41) is 31.5. The molecular weight excluding hydrogens is 973 g/mol. The number of aliphatic hydroxyl groups is 2. The molecule has 0 bridgehead atoms. The highest BCUT2D eigenvalue weighted by molar-refractivity contribution is 5.74. The number of carbonyl (C=O) groups is 4. The first-order valence-corrected chi connectivity index (χ1v) is 30.9. The first-order chi connectivity index (χ1) is 37.6. The normalized spacial score (nSPS) is 18.5. The van der Waals surface area contributed by atoms with Gasteiger partial charge in [-0.25, -0.2) is 4.79 Å². The fourth-order valence-corrected chi connectivity index (χ4v) is 9.04. The summed E-state index contributed by atoms with van der Waals surface area (Å²) < 4.78 is 28.5. The summed E-state index contributed by atoms with van der Waals surface area (Å²) in [6, 6.07) is 0. The van der Waals surface area contributed by atoms with E-state index in [9.17, 15) is 34.5 Å². The fraction of sp³-hybridized carbons (Fsp3) is 0.754. The Morgan fingerprint density at radius 2 is 0.818 bits per heavy atom. The second-order valence-corrected chi connectivity index (χ2v) is 21.0. The number of esters is 3. The molecule has 1 heterocycles. The van der Waals surface area contributed by atoms with Crippen molar-refractivity contribution in [1.82, 2.24) is 0 Å². The Balaban J connectivity index is 2.70. The molecule has 0 saturated carbocycles. The molecule has 3 N–H and O–H groups in total. The van der Waals surface area contributed by atoms with Gasteiger partial charge in [-0.15, -0.1) is 0 Å². The number of allylic oxidation sites excluding steroid dienone is 12. The minimum Gasteiger partial charge on any atom is -0.479 e. The van der Waals surface area contributed by atoms with Crippen LogP contribution in [0.1, 0.15) is 265 Å². The van der Waals surface area contributed by atoms with Crippen molar-refractivity contribution in [1.29, 1.82) is 0 Å². The number of ether oxygens (including phenoxy) is 5. The van der Waals surface area contributed by atoms with Crippen LogP contribution in [0.5, 0.6) is 0 Å². The Hall–Kier alpha value is -3.84. The molecule has 0 spiro atoms. The molecule has 0 amide bonds. The van der Waals surface area contributed by atoms with Crippen LogP contribution in [0, 0.1) is 0 Å². The molecule has 0 radical (unpaired) electrons. The third kappa shape index (κ3) is 42.7. The smallest absolute Gasteiger partial charge is 0.335 e. The zero-order chi connectivity index (χ0) is 56.1. The third-order valence-corrected chi connectivity index (χ3v) is 13.8. The third-order valence-electron chi connectivity index (χ3n) is 13.8. The van der Waals surface area contributed by atoms with Crippen LogP contribution in [0.15, 0.2) is 72.9 Å². The number of hydrogen-bond donors (Lipinski definition) is 3. The number of carbonyl (C=O) groups excluding carboxylic acids is 3. The van der Waals surface area contributed by atoms with E-state index in [-0.39, 0.29) is 25.9 Å². The van der Waals surface area contributed by atoms with E-state index in [0.717, 1.165) is 122 Å². The van der Waals surface area contributed by atoms with Gasteiger partial charge in [-0.05, 0) is 89.9 Å². The molecule has 1 aliphatic heterocycles. The van der Waals surface area contributed by atoms with E-state index in [1.54, 1.807) is 0 Å². The maximum atomic E-state index is 13.2. The largest absolute Gasteiger partial charge is 0.479 e. The topological polar surface area (TPSA) is 175 Å². The monoisotopic (exact) mass is 1080 g/mol. The van der Waals surface area contributed by atoms with E-state index in [1.165, 1.54) is 83.5 Å². The molecule has 0 aromatic carbocycles. The molecule has 77 heavy (non-hydrogen) atoms. The average Bonchev–Trinajstić information content (AvgIpc) is 3.42. The molecule has 1 aliphatic rings. The van der Waals surface area contributed by atoms with Crippen LogP contribution in [0.2, 0.25) is 0 Å².